The summed E-state index contributed by atoms with van der Waals surface area (Å²) in [6.07, 6.45) is 0. The highest BCUT2D eigenvalue weighted by atomic mass is 31.1. The molecule has 0 aliphatic carbocycles. The molecule has 0 aromatic heterocycles. The van der Waals surface area contributed by atoms with Gasteiger partial charge in [-0.2, -0.15) is 0 Å². The highest BCUT2D eigenvalue weighted by Gasteiger charge is 2.58. The van der Waals surface area contributed by atoms with Crippen molar-refractivity contribution in [3.8, 4) is 34.1 Å². The largest absolute Gasteiger partial charge is 0.452 e. The molecule has 2 aliphatic rings. The fourth-order valence-corrected chi connectivity index (χ4v) is 12.5. The van der Waals surface area contributed by atoms with E-state index in [9.17, 15) is 0 Å². The van der Waals surface area contributed by atoms with Crippen molar-refractivity contribution in [2.45, 2.75) is 50.8 Å². The molecule has 0 unspecified atom stereocenters. The van der Waals surface area contributed by atoms with Gasteiger partial charge in [-0.15, -0.1) is 0 Å². The summed E-state index contributed by atoms with van der Waals surface area (Å²) < 4.78 is 52.4. The molecule has 0 amide bonds. The Morgan fingerprint density at radius 2 is 0.603 bits per heavy atom. The summed E-state index contributed by atoms with van der Waals surface area (Å²) in [6.45, 7) is 7.31. The molecule has 0 fully saturated rings. The van der Waals surface area contributed by atoms with E-state index in [0.29, 0.717) is 23.0 Å². The van der Waals surface area contributed by atoms with Crippen LogP contribution >= 0.6 is 15.8 Å². The molecule has 4 atom stereocenters. The van der Waals surface area contributed by atoms with Crippen LogP contribution in [0.3, 0.4) is 0 Å². The normalized spacial score (nSPS) is 23.6. The van der Waals surface area contributed by atoms with Gasteiger partial charge < -0.3 is 37.9 Å². The lowest BCUT2D eigenvalue weighted by atomic mass is 9.98. The third kappa shape index (κ3) is 6.66. The Hall–Kier alpha value is -4.78. The second-order valence-electron chi connectivity index (χ2n) is 14.6. The Morgan fingerprint density at radius 3 is 0.862 bits per heavy atom. The number of rotatable bonds is 11. The highest BCUT2D eigenvalue weighted by Crippen LogP contribution is 2.57. The lowest BCUT2D eigenvalue weighted by Crippen LogP contribution is -2.62. The molecule has 0 radical (unpaired) electrons. The molecular formula is C48H48O8P2. The lowest BCUT2D eigenvalue weighted by molar-refractivity contribution is -0.345. The minimum atomic E-state index is -1.38. The molecule has 8 nitrogen and oxygen atoms in total. The minimum absolute atomic E-state index is 0.490. The van der Waals surface area contributed by atoms with Crippen molar-refractivity contribution in [3.05, 3.63) is 146 Å². The molecule has 0 bridgehead atoms. The molecule has 0 saturated heterocycles. The van der Waals surface area contributed by atoms with E-state index in [1.807, 2.05) is 64.1 Å². The van der Waals surface area contributed by atoms with Gasteiger partial charge in [0.2, 0.25) is 0 Å². The van der Waals surface area contributed by atoms with E-state index in [-0.39, 0.29) is 0 Å². The van der Waals surface area contributed by atoms with Crippen LogP contribution in [0, 0.1) is 0 Å². The zero-order valence-corrected chi connectivity index (χ0v) is 35.8. The predicted octanol–water partition coefficient (Wildman–Crippen LogP) is 7.86. The van der Waals surface area contributed by atoms with Crippen LogP contribution in [-0.4, -0.2) is 51.6 Å². The average molecular weight is 815 g/mol. The molecule has 0 spiro atoms. The number of hydrogen-bond acceptors (Lipinski definition) is 8. The third-order valence-electron chi connectivity index (χ3n) is 11.4. The highest BCUT2D eigenvalue weighted by molar-refractivity contribution is 7.80. The van der Waals surface area contributed by atoms with Crippen molar-refractivity contribution in [2.75, 3.05) is 28.4 Å². The summed E-state index contributed by atoms with van der Waals surface area (Å²) in [5.74, 6) is -3.39. The van der Waals surface area contributed by atoms with E-state index >= 15 is 0 Å². The van der Waals surface area contributed by atoms with Gasteiger partial charge in [-0.25, -0.2) is 0 Å². The first-order valence-corrected chi connectivity index (χ1v) is 21.8. The van der Waals surface area contributed by atoms with Crippen LogP contribution in [0.1, 0.15) is 27.7 Å². The molecule has 6 aromatic carbocycles. The second kappa shape index (κ2) is 15.8. The smallest absolute Gasteiger partial charge is 0.273 e. The maximum Gasteiger partial charge on any atom is 0.273 e. The Balaban J connectivity index is 1.56. The average Bonchev–Trinajstić information content (AvgIpc) is 3.26. The summed E-state index contributed by atoms with van der Waals surface area (Å²) >= 11 is 0. The van der Waals surface area contributed by atoms with Gasteiger partial charge in [0.15, 0.2) is 23.0 Å². The van der Waals surface area contributed by atoms with Crippen LogP contribution in [0.4, 0.5) is 0 Å². The van der Waals surface area contributed by atoms with E-state index in [2.05, 4.69) is 109 Å². The molecule has 298 valence electrons. The summed E-state index contributed by atoms with van der Waals surface area (Å²) in [5.41, 5.74) is 1.57. The maximum absolute atomic E-state index is 7.19. The fraction of sp³-hybridized carbons (Fsp3) is 0.250. The first-order chi connectivity index (χ1) is 28.0. The van der Waals surface area contributed by atoms with Crippen molar-refractivity contribution in [2.24, 2.45) is 0 Å². The first-order valence-electron chi connectivity index (χ1n) is 19.1. The number of benzene rings is 6. The van der Waals surface area contributed by atoms with Crippen LogP contribution in [-0.2, 0) is 18.9 Å². The van der Waals surface area contributed by atoms with Gasteiger partial charge in [-0.3, -0.25) is 0 Å². The third-order valence-corrected chi connectivity index (χ3v) is 16.4. The molecule has 58 heavy (non-hydrogen) atoms. The first kappa shape index (κ1) is 40.0. The van der Waals surface area contributed by atoms with Gasteiger partial charge in [-0.1, -0.05) is 121 Å². The van der Waals surface area contributed by atoms with Crippen LogP contribution in [0.15, 0.2) is 146 Å². The van der Waals surface area contributed by atoms with E-state index < -0.39 is 39.0 Å². The quantitative estimate of drug-likeness (QED) is 0.123. The topological polar surface area (TPSA) is 73.8 Å². The second-order valence-corrected chi connectivity index (χ2v) is 19.0. The van der Waals surface area contributed by atoms with Crippen LogP contribution in [0.5, 0.6) is 23.0 Å². The standard InChI is InChI=1S/C48H48O8P2/c1-45(49-5)47(3,51-7)55-43-37(53-45)29-31-39(57(33-21-13-9-14-22-33)34-23-15-10-16-24-34)41(43)42-40(58(35-25-17-11-18-26-35)36-27-19-12-20-28-36)32-30-38-44(42)56-48(4,52-8)46(2,50-6)54-38/h9-32H,1-8H3/t45-,46-,47-,48-/m1/s1. The van der Waals surface area contributed by atoms with Gasteiger partial charge in [0.05, 0.1) is 0 Å². The SMILES string of the molecule is CO[C@]1(C)Oc2ccc(P(c3ccccc3)c3ccccc3)c(-c3c(P(c4ccccc4)c4ccccc4)ccc4c3O[C@@](C)(OC)[C@](C)(OC)O4)c2O[C@@]1(C)OC. The number of ether oxygens (including phenoxy) is 8. The molecule has 2 heterocycles. The molecule has 0 saturated carbocycles. The molecule has 10 heteroatoms. The molecule has 8 rings (SSSR count). The number of methoxy groups -OCH3 is 4. The van der Waals surface area contributed by atoms with Gasteiger partial charge in [0.25, 0.3) is 23.1 Å². The van der Waals surface area contributed by atoms with Gasteiger partial charge in [0.1, 0.15) is 0 Å². The van der Waals surface area contributed by atoms with Crippen molar-refractivity contribution in [1.82, 2.24) is 0 Å². The van der Waals surface area contributed by atoms with Crippen molar-refractivity contribution < 1.29 is 37.9 Å². The van der Waals surface area contributed by atoms with Crippen LogP contribution < -0.4 is 50.8 Å². The van der Waals surface area contributed by atoms with Crippen molar-refractivity contribution in [1.29, 1.82) is 0 Å². The Labute approximate surface area is 343 Å². The van der Waals surface area contributed by atoms with Gasteiger partial charge >= 0.3 is 0 Å². The summed E-state index contributed by atoms with van der Waals surface area (Å²) in [7, 11) is 3.93. The van der Waals surface area contributed by atoms with Crippen molar-refractivity contribution >= 4 is 47.7 Å². The predicted molar refractivity (Wildman–Crippen MR) is 233 cm³/mol. The summed E-state index contributed by atoms with van der Waals surface area (Å²) in [4.78, 5) is 0. The van der Waals surface area contributed by atoms with Gasteiger partial charge in [-0.05, 0) is 71.9 Å². The molecule has 6 aromatic rings. The van der Waals surface area contributed by atoms with Crippen LogP contribution in [0.25, 0.3) is 11.1 Å². The maximum atomic E-state index is 7.19. The monoisotopic (exact) mass is 814 g/mol. The summed E-state index contributed by atoms with van der Waals surface area (Å²) in [6, 6.07) is 50.7. The molecular weight excluding hydrogens is 766 g/mol. The van der Waals surface area contributed by atoms with Crippen molar-refractivity contribution in [3.63, 3.8) is 0 Å². The van der Waals surface area contributed by atoms with Crippen LogP contribution in [0.2, 0.25) is 0 Å². The van der Waals surface area contributed by atoms with E-state index in [1.54, 1.807) is 28.4 Å². The zero-order valence-electron chi connectivity index (χ0n) is 34.0. The molecule has 0 N–H and O–H groups in total. The van der Waals surface area contributed by atoms with E-state index in [1.165, 1.54) is 0 Å². The molecule has 2 aliphatic heterocycles. The Bertz CT molecular complexity index is 2140. The van der Waals surface area contributed by atoms with E-state index in [4.69, 9.17) is 37.9 Å². The summed E-state index contributed by atoms with van der Waals surface area (Å²) in [5, 5.41) is 6.66. The lowest BCUT2D eigenvalue weighted by Gasteiger charge is -2.48. The number of fused-ring (bicyclic) bond motifs is 2. The Morgan fingerprint density at radius 1 is 0.345 bits per heavy atom. The Kier molecular flexibility index (Phi) is 10.9. The zero-order chi connectivity index (χ0) is 40.7. The fourth-order valence-electron chi connectivity index (χ4n) is 7.58. The minimum Gasteiger partial charge on any atom is -0.452 e. The van der Waals surface area contributed by atoms with Gasteiger partial charge in [0, 0.05) is 67.3 Å². The van der Waals surface area contributed by atoms with E-state index in [0.717, 1.165) is 43.0 Å². The number of hydrogen-bond donors (Lipinski definition) is 0.